The Morgan fingerprint density at radius 1 is 1.36 bits per heavy atom. The molecule has 0 spiro atoms. The third-order valence-electron chi connectivity index (χ3n) is 2.21. The third-order valence-corrected chi connectivity index (χ3v) is 2.21. The van der Waals surface area contributed by atoms with Crippen molar-refractivity contribution < 1.29 is 4.74 Å². The molecule has 0 radical (unpaired) electrons. The van der Waals surface area contributed by atoms with E-state index in [4.69, 9.17) is 10.5 Å². The number of rotatable bonds is 4. The molecule has 14 heavy (non-hydrogen) atoms. The van der Waals surface area contributed by atoms with Gasteiger partial charge in [-0.2, -0.15) is 0 Å². The second-order valence-corrected chi connectivity index (χ2v) is 3.79. The normalized spacial score (nSPS) is 12.9. The van der Waals surface area contributed by atoms with E-state index in [1.165, 1.54) is 5.56 Å². The van der Waals surface area contributed by atoms with Crippen LogP contribution in [0.2, 0.25) is 0 Å². The Labute approximate surface area is 86.1 Å². The quantitative estimate of drug-likeness (QED) is 0.746. The van der Waals surface area contributed by atoms with Crippen molar-refractivity contribution in [2.45, 2.75) is 39.3 Å². The highest BCUT2D eigenvalue weighted by Crippen LogP contribution is 2.20. The largest absolute Gasteiger partial charge is 0.476 e. The number of nitrogens with two attached hydrogens (primary N) is 1. The van der Waals surface area contributed by atoms with E-state index in [1.807, 2.05) is 19.1 Å². The molecular weight excluding hydrogens is 174 g/mol. The van der Waals surface area contributed by atoms with Gasteiger partial charge in [0.25, 0.3) is 0 Å². The second kappa shape index (κ2) is 5.01. The minimum Gasteiger partial charge on any atom is -0.476 e. The first-order chi connectivity index (χ1) is 6.63. The highest BCUT2D eigenvalue weighted by atomic mass is 16.5. The molecule has 2 heteroatoms. The van der Waals surface area contributed by atoms with Gasteiger partial charge < -0.3 is 4.74 Å². The molecule has 0 aromatic heterocycles. The lowest BCUT2D eigenvalue weighted by atomic mass is 10.0. The van der Waals surface area contributed by atoms with Gasteiger partial charge >= 0.3 is 0 Å². The van der Waals surface area contributed by atoms with Crippen LogP contribution in [0.1, 0.15) is 38.7 Å². The summed E-state index contributed by atoms with van der Waals surface area (Å²) in [6, 6.07) is 8.11. The maximum absolute atomic E-state index is 5.71. The van der Waals surface area contributed by atoms with Gasteiger partial charge in [0.2, 0.25) is 0 Å². The van der Waals surface area contributed by atoms with Crippen LogP contribution in [-0.4, -0.2) is 6.23 Å². The van der Waals surface area contributed by atoms with Crippen molar-refractivity contribution in [3.8, 4) is 5.75 Å². The van der Waals surface area contributed by atoms with E-state index in [-0.39, 0.29) is 6.23 Å². The van der Waals surface area contributed by atoms with Crippen LogP contribution < -0.4 is 10.5 Å². The molecule has 1 aromatic carbocycles. The van der Waals surface area contributed by atoms with Crippen LogP contribution in [0.25, 0.3) is 0 Å². The van der Waals surface area contributed by atoms with Crippen LogP contribution in [0.15, 0.2) is 24.3 Å². The summed E-state index contributed by atoms with van der Waals surface area (Å²) in [7, 11) is 0. The van der Waals surface area contributed by atoms with E-state index in [0.29, 0.717) is 5.92 Å². The first kappa shape index (κ1) is 11.1. The zero-order chi connectivity index (χ0) is 10.6. The Morgan fingerprint density at radius 3 is 2.64 bits per heavy atom. The van der Waals surface area contributed by atoms with Crippen molar-refractivity contribution in [2.75, 3.05) is 0 Å². The van der Waals surface area contributed by atoms with E-state index in [1.54, 1.807) is 0 Å². The van der Waals surface area contributed by atoms with Gasteiger partial charge in [-0.05, 0) is 30.0 Å². The van der Waals surface area contributed by atoms with Crippen LogP contribution in [-0.2, 0) is 0 Å². The molecule has 2 nitrogen and oxygen atoms in total. The standard InChI is InChI=1S/C12H19NO/c1-4-12(13)14-11-7-5-6-10(8-11)9(2)3/h5-9,12H,4,13H2,1-3H3. The Hall–Kier alpha value is -1.02. The predicted octanol–water partition coefficient (Wildman–Crippen LogP) is 2.88. The van der Waals surface area contributed by atoms with Crippen molar-refractivity contribution >= 4 is 0 Å². The van der Waals surface area contributed by atoms with E-state index in [0.717, 1.165) is 12.2 Å². The zero-order valence-corrected chi connectivity index (χ0v) is 9.16. The van der Waals surface area contributed by atoms with Crippen molar-refractivity contribution in [1.82, 2.24) is 0 Å². The first-order valence-corrected chi connectivity index (χ1v) is 5.15. The molecular formula is C12H19NO. The average molecular weight is 193 g/mol. The zero-order valence-electron chi connectivity index (χ0n) is 9.16. The highest BCUT2D eigenvalue weighted by molar-refractivity contribution is 5.30. The third kappa shape index (κ3) is 3.04. The molecule has 78 valence electrons. The van der Waals surface area contributed by atoms with Gasteiger partial charge in [0.15, 0.2) is 0 Å². The van der Waals surface area contributed by atoms with Crippen LogP contribution >= 0.6 is 0 Å². The molecule has 0 saturated heterocycles. The second-order valence-electron chi connectivity index (χ2n) is 3.79. The number of hydrogen-bond donors (Lipinski definition) is 1. The van der Waals surface area contributed by atoms with Crippen molar-refractivity contribution in [1.29, 1.82) is 0 Å². The topological polar surface area (TPSA) is 35.2 Å². The molecule has 0 aliphatic carbocycles. The summed E-state index contributed by atoms with van der Waals surface area (Å²) < 4.78 is 5.53. The molecule has 0 aliphatic heterocycles. The fraction of sp³-hybridized carbons (Fsp3) is 0.500. The number of ether oxygens (including phenoxy) is 1. The molecule has 0 bridgehead atoms. The van der Waals surface area contributed by atoms with E-state index < -0.39 is 0 Å². The molecule has 0 amide bonds. The van der Waals surface area contributed by atoms with Crippen molar-refractivity contribution in [2.24, 2.45) is 5.73 Å². The summed E-state index contributed by atoms with van der Waals surface area (Å²) in [5.74, 6) is 1.39. The molecule has 0 aliphatic rings. The molecule has 1 unspecified atom stereocenters. The molecule has 1 atom stereocenters. The van der Waals surface area contributed by atoms with Gasteiger partial charge in [0.05, 0.1) is 0 Å². The lowest BCUT2D eigenvalue weighted by Crippen LogP contribution is -2.25. The van der Waals surface area contributed by atoms with Crippen molar-refractivity contribution in [3.63, 3.8) is 0 Å². The summed E-state index contributed by atoms with van der Waals surface area (Å²) in [6.45, 7) is 6.34. The smallest absolute Gasteiger partial charge is 0.147 e. The predicted molar refractivity (Wildman–Crippen MR) is 59.4 cm³/mol. The highest BCUT2D eigenvalue weighted by Gasteiger charge is 2.03. The van der Waals surface area contributed by atoms with Crippen LogP contribution in [0.4, 0.5) is 0 Å². The molecule has 0 fully saturated rings. The maximum atomic E-state index is 5.71. The van der Waals surface area contributed by atoms with E-state index in [2.05, 4.69) is 26.0 Å². The lowest BCUT2D eigenvalue weighted by Gasteiger charge is -2.14. The van der Waals surface area contributed by atoms with Crippen LogP contribution in [0.3, 0.4) is 0 Å². The van der Waals surface area contributed by atoms with Crippen LogP contribution in [0, 0.1) is 0 Å². The van der Waals surface area contributed by atoms with Gasteiger partial charge in [0, 0.05) is 0 Å². The minimum absolute atomic E-state index is 0.197. The average Bonchev–Trinajstić information content (AvgIpc) is 2.18. The van der Waals surface area contributed by atoms with Gasteiger partial charge in [-0.1, -0.05) is 32.9 Å². The van der Waals surface area contributed by atoms with Gasteiger partial charge in [-0.3, -0.25) is 5.73 Å². The van der Waals surface area contributed by atoms with Crippen LogP contribution in [0.5, 0.6) is 5.75 Å². The number of benzene rings is 1. The Kier molecular flexibility index (Phi) is 3.96. The van der Waals surface area contributed by atoms with E-state index in [9.17, 15) is 0 Å². The summed E-state index contributed by atoms with van der Waals surface area (Å²) in [6.07, 6.45) is 0.628. The Bertz CT molecular complexity index is 283. The minimum atomic E-state index is -0.197. The Balaban J connectivity index is 2.73. The SMILES string of the molecule is CCC(N)Oc1cccc(C(C)C)c1. The fourth-order valence-electron chi connectivity index (χ4n) is 1.21. The monoisotopic (exact) mass is 193 g/mol. The maximum Gasteiger partial charge on any atom is 0.147 e. The van der Waals surface area contributed by atoms with Gasteiger partial charge in [0.1, 0.15) is 12.0 Å². The summed E-state index contributed by atoms with van der Waals surface area (Å²) in [4.78, 5) is 0. The summed E-state index contributed by atoms with van der Waals surface area (Å²) in [5.41, 5.74) is 6.99. The number of hydrogen-bond acceptors (Lipinski definition) is 2. The fourth-order valence-corrected chi connectivity index (χ4v) is 1.21. The molecule has 1 rings (SSSR count). The van der Waals surface area contributed by atoms with E-state index >= 15 is 0 Å². The molecule has 1 aromatic rings. The Morgan fingerprint density at radius 2 is 2.07 bits per heavy atom. The molecule has 2 N–H and O–H groups in total. The van der Waals surface area contributed by atoms with Gasteiger partial charge in [-0.25, -0.2) is 0 Å². The molecule has 0 saturated carbocycles. The van der Waals surface area contributed by atoms with Crippen molar-refractivity contribution in [3.05, 3.63) is 29.8 Å². The van der Waals surface area contributed by atoms with Gasteiger partial charge in [-0.15, -0.1) is 0 Å². The lowest BCUT2D eigenvalue weighted by molar-refractivity contribution is 0.205. The summed E-state index contributed by atoms with van der Waals surface area (Å²) >= 11 is 0. The first-order valence-electron chi connectivity index (χ1n) is 5.15. The molecule has 0 heterocycles. The summed E-state index contributed by atoms with van der Waals surface area (Å²) in [5, 5.41) is 0.